The van der Waals surface area contributed by atoms with Gasteiger partial charge in [-0.25, -0.2) is 9.38 Å². The summed E-state index contributed by atoms with van der Waals surface area (Å²) >= 11 is 0. The largest absolute Gasteiger partial charge is 0.357 e. The lowest BCUT2D eigenvalue weighted by atomic mass is 10.2. The number of aliphatic imine (C=N–C) groups is 1. The number of aromatic nitrogens is 1. The summed E-state index contributed by atoms with van der Waals surface area (Å²) in [5, 5.41) is 6.42. The summed E-state index contributed by atoms with van der Waals surface area (Å²) in [7, 11) is 0. The first-order valence-corrected chi connectivity index (χ1v) is 7.36. The Kier molecular flexibility index (Phi) is 5.89. The van der Waals surface area contributed by atoms with Gasteiger partial charge in [-0.15, -0.1) is 0 Å². The highest BCUT2D eigenvalue weighted by Gasteiger charge is 2.02. The van der Waals surface area contributed by atoms with Gasteiger partial charge in [0.25, 0.3) is 0 Å². The zero-order valence-corrected chi connectivity index (χ0v) is 12.9. The summed E-state index contributed by atoms with van der Waals surface area (Å²) in [6.07, 6.45) is 1.78. The molecule has 116 valence electrons. The minimum atomic E-state index is -0.241. The maximum absolute atomic E-state index is 13.2. The topological polar surface area (TPSA) is 49.3 Å². The number of pyridine rings is 1. The van der Waals surface area contributed by atoms with Crippen molar-refractivity contribution in [3.8, 4) is 0 Å². The van der Waals surface area contributed by atoms with Crippen molar-refractivity contribution in [3.63, 3.8) is 0 Å². The van der Waals surface area contributed by atoms with E-state index < -0.39 is 0 Å². The molecule has 0 atom stereocenters. The molecule has 2 N–H and O–H groups in total. The lowest BCUT2D eigenvalue weighted by Gasteiger charge is -2.12. The zero-order chi connectivity index (χ0) is 15.8. The molecule has 0 saturated heterocycles. The highest BCUT2D eigenvalue weighted by Crippen LogP contribution is 2.05. The SMILES string of the molecule is CCNC(=NCc1cccc(F)c1)NCc1ncccc1C. The molecule has 0 aliphatic carbocycles. The summed E-state index contributed by atoms with van der Waals surface area (Å²) in [5.74, 6) is 0.451. The Morgan fingerprint density at radius 3 is 2.82 bits per heavy atom. The molecule has 0 fully saturated rings. The van der Waals surface area contributed by atoms with Gasteiger partial charge in [-0.2, -0.15) is 0 Å². The fourth-order valence-corrected chi connectivity index (χ4v) is 2.02. The molecule has 2 aromatic rings. The second-order valence-corrected chi connectivity index (χ2v) is 4.95. The molecule has 5 heteroatoms. The van der Waals surface area contributed by atoms with Crippen LogP contribution in [0.5, 0.6) is 0 Å². The lowest BCUT2D eigenvalue weighted by Crippen LogP contribution is -2.37. The first kappa shape index (κ1) is 15.9. The molecule has 1 aromatic carbocycles. The molecule has 22 heavy (non-hydrogen) atoms. The monoisotopic (exact) mass is 300 g/mol. The van der Waals surface area contributed by atoms with E-state index in [2.05, 4.69) is 20.6 Å². The maximum Gasteiger partial charge on any atom is 0.191 e. The summed E-state index contributed by atoms with van der Waals surface area (Å²) in [4.78, 5) is 8.81. The minimum absolute atomic E-state index is 0.241. The van der Waals surface area contributed by atoms with E-state index in [1.807, 2.05) is 32.0 Å². The third-order valence-electron chi connectivity index (χ3n) is 3.19. The number of hydrogen-bond donors (Lipinski definition) is 2. The van der Waals surface area contributed by atoms with Crippen molar-refractivity contribution in [2.75, 3.05) is 6.54 Å². The first-order chi connectivity index (χ1) is 10.7. The third-order valence-corrected chi connectivity index (χ3v) is 3.19. The van der Waals surface area contributed by atoms with Gasteiger partial charge in [0.05, 0.1) is 18.8 Å². The highest BCUT2D eigenvalue weighted by molar-refractivity contribution is 5.79. The molecule has 0 amide bonds. The molecular formula is C17H21FN4. The molecule has 0 saturated carbocycles. The molecule has 2 rings (SSSR count). The molecular weight excluding hydrogens is 279 g/mol. The minimum Gasteiger partial charge on any atom is -0.357 e. The number of rotatable bonds is 5. The number of nitrogens with one attached hydrogen (secondary N) is 2. The number of hydrogen-bond acceptors (Lipinski definition) is 2. The van der Waals surface area contributed by atoms with Gasteiger partial charge >= 0.3 is 0 Å². The lowest BCUT2D eigenvalue weighted by molar-refractivity contribution is 0.625. The van der Waals surface area contributed by atoms with Crippen molar-refractivity contribution in [1.82, 2.24) is 15.6 Å². The van der Waals surface area contributed by atoms with Crippen LogP contribution in [0.25, 0.3) is 0 Å². The average molecular weight is 300 g/mol. The smallest absolute Gasteiger partial charge is 0.191 e. The Labute approximate surface area is 130 Å². The van der Waals surface area contributed by atoms with Crippen molar-refractivity contribution in [2.24, 2.45) is 4.99 Å². The van der Waals surface area contributed by atoms with Crippen molar-refractivity contribution in [3.05, 3.63) is 65.2 Å². The van der Waals surface area contributed by atoms with Crippen LogP contribution in [0, 0.1) is 12.7 Å². The normalized spacial score (nSPS) is 11.3. The van der Waals surface area contributed by atoms with E-state index in [0.717, 1.165) is 23.4 Å². The molecule has 1 heterocycles. The van der Waals surface area contributed by atoms with E-state index in [1.165, 1.54) is 12.1 Å². The Balaban J connectivity index is 2.00. The molecule has 0 radical (unpaired) electrons. The Morgan fingerprint density at radius 2 is 2.09 bits per heavy atom. The average Bonchev–Trinajstić information content (AvgIpc) is 2.51. The van der Waals surface area contributed by atoms with Crippen LogP contribution < -0.4 is 10.6 Å². The molecule has 0 aliphatic rings. The van der Waals surface area contributed by atoms with Crippen LogP contribution in [0.3, 0.4) is 0 Å². The van der Waals surface area contributed by atoms with Gasteiger partial charge in [0.2, 0.25) is 0 Å². The number of aryl methyl sites for hydroxylation is 1. The van der Waals surface area contributed by atoms with Gasteiger partial charge in [-0.3, -0.25) is 4.98 Å². The molecule has 0 unspecified atom stereocenters. The zero-order valence-electron chi connectivity index (χ0n) is 12.9. The number of nitrogens with zero attached hydrogens (tertiary/aromatic N) is 2. The molecule has 0 spiro atoms. The van der Waals surface area contributed by atoms with Crippen LogP contribution in [0.1, 0.15) is 23.7 Å². The number of halogens is 1. The standard InChI is InChI=1S/C17H21FN4/c1-3-19-17(21-11-14-7-4-8-15(18)10-14)22-12-16-13(2)6-5-9-20-16/h4-10H,3,11-12H2,1-2H3,(H2,19,21,22). The van der Waals surface area contributed by atoms with Crippen molar-refractivity contribution in [2.45, 2.75) is 26.9 Å². The van der Waals surface area contributed by atoms with Crippen molar-refractivity contribution >= 4 is 5.96 Å². The van der Waals surface area contributed by atoms with E-state index in [1.54, 1.807) is 12.3 Å². The van der Waals surface area contributed by atoms with Gasteiger partial charge in [-0.1, -0.05) is 18.2 Å². The van der Waals surface area contributed by atoms with Crippen LogP contribution in [0.2, 0.25) is 0 Å². The Morgan fingerprint density at radius 1 is 1.23 bits per heavy atom. The van der Waals surface area contributed by atoms with E-state index in [0.29, 0.717) is 19.0 Å². The number of guanidine groups is 1. The second-order valence-electron chi connectivity index (χ2n) is 4.95. The highest BCUT2D eigenvalue weighted by atomic mass is 19.1. The quantitative estimate of drug-likeness (QED) is 0.659. The molecule has 0 aliphatic heterocycles. The Hall–Kier alpha value is -2.43. The Bertz CT molecular complexity index is 640. The van der Waals surface area contributed by atoms with Crippen LogP contribution in [-0.2, 0) is 13.1 Å². The predicted molar refractivity (Wildman–Crippen MR) is 87.0 cm³/mol. The van der Waals surface area contributed by atoms with E-state index in [4.69, 9.17) is 0 Å². The maximum atomic E-state index is 13.2. The van der Waals surface area contributed by atoms with Crippen LogP contribution in [-0.4, -0.2) is 17.5 Å². The van der Waals surface area contributed by atoms with Crippen LogP contribution in [0.15, 0.2) is 47.6 Å². The first-order valence-electron chi connectivity index (χ1n) is 7.36. The van der Waals surface area contributed by atoms with Gasteiger partial charge in [0.15, 0.2) is 5.96 Å². The van der Waals surface area contributed by atoms with Crippen molar-refractivity contribution in [1.29, 1.82) is 0 Å². The summed E-state index contributed by atoms with van der Waals surface area (Å²) in [5.41, 5.74) is 2.96. The predicted octanol–water partition coefficient (Wildman–Crippen LogP) is 2.78. The van der Waals surface area contributed by atoms with Gasteiger partial charge < -0.3 is 10.6 Å². The molecule has 1 aromatic heterocycles. The van der Waals surface area contributed by atoms with E-state index >= 15 is 0 Å². The van der Waals surface area contributed by atoms with Gasteiger partial charge in [0, 0.05) is 12.7 Å². The molecule has 0 bridgehead atoms. The fourth-order valence-electron chi connectivity index (χ4n) is 2.02. The van der Waals surface area contributed by atoms with Crippen molar-refractivity contribution < 1.29 is 4.39 Å². The van der Waals surface area contributed by atoms with Crippen LogP contribution >= 0.6 is 0 Å². The summed E-state index contributed by atoms with van der Waals surface area (Å²) in [6, 6.07) is 10.4. The summed E-state index contributed by atoms with van der Waals surface area (Å²) < 4.78 is 13.2. The number of benzene rings is 1. The van der Waals surface area contributed by atoms with Crippen LogP contribution in [0.4, 0.5) is 4.39 Å². The van der Waals surface area contributed by atoms with Gasteiger partial charge in [-0.05, 0) is 43.2 Å². The molecule has 4 nitrogen and oxygen atoms in total. The third kappa shape index (κ3) is 4.84. The second kappa shape index (κ2) is 8.12. The fraction of sp³-hybridized carbons (Fsp3) is 0.294. The van der Waals surface area contributed by atoms with E-state index in [-0.39, 0.29) is 5.82 Å². The van der Waals surface area contributed by atoms with E-state index in [9.17, 15) is 4.39 Å². The van der Waals surface area contributed by atoms with Gasteiger partial charge in [0.1, 0.15) is 5.82 Å². The summed E-state index contributed by atoms with van der Waals surface area (Å²) in [6.45, 7) is 5.82.